The van der Waals surface area contributed by atoms with Crippen LogP contribution < -0.4 is 10.6 Å². The van der Waals surface area contributed by atoms with E-state index in [1.165, 1.54) is 38.3 Å². The first kappa shape index (κ1) is 15.1. The van der Waals surface area contributed by atoms with E-state index in [2.05, 4.69) is 40.8 Å². The summed E-state index contributed by atoms with van der Waals surface area (Å²) in [5.74, 6) is 0. The van der Waals surface area contributed by atoms with E-state index < -0.39 is 0 Å². The second-order valence-corrected chi connectivity index (χ2v) is 5.72. The number of anilines is 2. The molecule has 1 saturated heterocycles. The fourth-order valence-corrected chi connectivity index (χ4v) is 2.66. The van der Waals surface area contributed by atoms with Crippen LogP contribution in [0, 0.1) is 0 Å². The van der Waals surface area contributed by atoms with Crippen LogP contribution in [0.1, 0.15) is 13.3 Å². The summed E-state index contributed by atoms with van der Waals surface area (Å²) < 4.78 is 0. The van der Waals surface area contributed by atoms with Crippen molar-refractivity contribution in [2.45, 2.75) is 13.3 Å². The molecule has 0 bridgehead atoms. The normalized spacial score (nSPS) is 17.3. The van der Waals surface area contributed by atoms with Crippen molar-refractivity contribution in [3.05, 3.63) is 24.3 Å². The number of rotatable bonds is 6. The average molecular weight is 276 g/mol. The molecular weight excluding hydrogens is 248 g/mol. The number of piperazine rings is 1. The Morgan fingerprint density at radius 3 is 2.30 bits per heavy atom. The van der Waals surface area contributed by atoms with Gasteiger partial charge in [0.2, 0.25) is 0 Å². The molecule has 1 aromatic rings. The fraction of sp³-hybridized carbons (Fsp3) is 0.625. The maximum Gasteiger partial charge on any atom is 0.0368 e. The van der Waals surface area contributed by atoms with E-state index in [4.69, 9.17) is 5.73 Å². The minimum atomic E-state index is 0.837. The molecule has 1 heterocycles. The maximum absolute atomic E-state index is 5.77. The van der Waals surface area contributed by atoms with Crippen LogP contribution in [0.25, 0.3) is 0 Å². The second kappa shape index (κ2) is 7.50. The zero-order chi connectivity index (χ0) is 14.4. The standard InChI is InChI=1S/C16H28N4/c1-3-8-20(16-6-4-15(17)5-7-16)14-13-19-11-9-18(2)10-12-19/h4-7H,3,8-14,17H2,1-2H3. The van der Waals surface area contributed by atoms with Crippen molar-refractivity contribution in [3.63, 3.8) is 0 Å². The lowest BCUT2D eigenvalue weighted by Crippen LogP contribution is -2.47. The van der Waals surface area contributed by atoms with Crippen LogP contribution in [0.4, 0.5) is 11.4 Å². The molecule has 1 fully saturated rings. The van der Waals surface area contributed by atoms with E-state index in [1.807, 2.05) is 12.1 Å². The van der Waals surface area contributed by atoms with Crippen LogP contribution >= 0.6 is 0 Å². The molecule has 1 aromatic carbocycles. The Kier molecular flexibility index (Phi) is 5.68. The van der Waals surface area contributed by atoms with Crippen molar-refractivity contribution < 1.29 is 0 Å². The van der Waals surface area contributed by atoms with E-state index in [0.29, 0.717) is 0 Å². The number of hydrogen-bond donors (Lipinski definition) is 1. The van der Waals surface area contributed by atoms with E-state index in [0.717, 1.165) is 25.3 Å². The highest BCUT2D eigenvalue weighted by molar-refractivity contribution is 5.53. The quantitative estimate of drug-likeness (QED) is 0.803. The molecule has 0 aromatic heterocycles. The van der Waals surface area contributed by atoms with Gasteiger partial charge in [0.05, 0.1) is 0 Å². The average Bonchev–Trinajstić information content (AvgIpc) is 2.46. The zero-order valence-corrected chi connectivity index (χ0v) is 12.9. The molecule has 0 amide bonds. The lowest BCUT2D eigenvalue weighted by molar-refractivity contribution is 0.157. The van der Waals surface area contributed by atoms with E-state index in [1.54, 1.807) is 0 Å². The minimum Gasteiger partial charge on any atom is -0.399 e. The van der Waals surface area contributed by atoms with Gasteiger partial charge in [0.1, 0.15) is 0 Å². The van der Waals surface area contributed by atoms with Gasteiger partial charge in [0, 0.05) is 57.2 Å². The Balaban J connectivity index is 1.87. The van der Waals surface area contributed by atoms with Gasteiger partial charge in [-0.05, 0) is 37.7 Å². The van der Waals surface area contributed by atoms with Crippen molar-refractivity contribution in [1.82, 2.24) is 9.80 Å². The van der Waals surface area contributed by atoms with Gasteiger partial charge >= 0.3 is 0 Å². The van der Waals surface area contributed by atoms with Crippen LogP contribution in [0.3, 0.4) is 0 Å². The van der Waals surface area contributed by atoms with Crippen molar-refractivity contribution in [1.29, 1.82) is 0 Å². The smallest absolute Gasteiger partial charge is 0.0368 e. The molecule has 112 valence electrons. The highest BCUT2D eigenvalue weighted by Crippen LogP contribution is 2.16. The largest absolute Gasteiger partial charge is 0.399 e. The van der Waals surface area contributed by atoms with Gasteiger partial charge in [0.25, 0.3) is 0 Å². The first-order valence-corrected chi connectivity index (χ1v) is 7.70. The SMILES string of the molecule is CCCN(CCN1CCN(C)CC1)c1ccc(N)cc1. The monoisotopic (exact) mass is 276 g/mol. The van der Waals surface area contributed by atoms with Crippen molar-refractivity contribution in [3.8, 4) is 0 Å². The van der Waals surface area contributed by atoms with Gasteiger partial charge in [-0.1, -0.05) is 6.92 Å². The molecule has 0 radical (unpaired) electrons. The van der Waals surface area contributed by atoms with E-state index >= 15 is 0 Å². The summed E-state index contributed by atoms with van der Waals surface area (Å²) in [6.07, 6.45) is 1.17. The molecule has 0 unspecified atom stereocenters. The molecule has 0 aliphatic carbocycles. The third kappa shape index (κ3) is 4.39. The molecule has 1 aliphatic heterocycles. The molecule has 0 saturated carbocycles. The molecule has 2 rings (SSSR count). The van der Waals surface area contributed by atoms with Crippen LogP contribution in [-0.4, -0.2) is 62.7 Å². The Morgan fingerprint density at radius 1 is 1.05 bits per heavy atom. The maximum atomic E-state index is 5.77. The van der Waals surface area contributed by atoms with Gasteiger partial charge in [-0.2, -0.15) is 0 Å². The Labute approximate surface area is 123 Å². The van der Waals surface area contributed by atoms with Crippen molar-refractivity contribution in [2.75, 3.05) is 63.5 Å². The minimum absolute atomic E-state index is 0.837. The van der Waals surface area contributed by atoms with Gasteiger partial charge in [0.15, 0.2) is 0 Å². The van der Waals surface area contributed by atoms with Crippen LogP contribution in [-0.2, 0) is 0 Å². The molecule has 0 atom stereocenters. The highest BCUT2D eigenvalue weighted by atomic mass is 15.3. The highest BCUT2D eigenvalue weighted by Gasteiger charge is 2.14. The molecular formula is C16H28N4. The Hall–Kier alpha value is -1.26. The summed E-state index contributed by atoms with van der Waals surface area (Å²) in [5.41, 5.74) is 7.90. The molecule has 0 spiro atoms. The van der Waals surface area contributed by atoms with Crippen LogP contribution in [0.5, 0.6) is 0 Å². The van der Waals surface area contributed by atoms with Gasteiger partial charge in [-0.3, -0.25) is 4.90 Å². The summed E-state index contributed by atoms with van der Waals surface area (Å²) in [4.78, 5) is 7.44. The molecule has 4 heteroatoms. The van der Waals surface area contributed by atoms with Gasteiger partial charge in [-0.25, -0.2) is 0 Å². The summed E-state index contributed by atoms with van der Waals surface area (Å²) in [6.45, 7) is 10.4. The number of likely N-dealkylation sites (N-methyl/N-ethyl adjacent to an activating group) is 1. The van der Waals surface area contributed by atoms with Crippen molar-refractivity contribution in [2.24, 2.45) is 0 Å². The van der Waals surface area contributed by atoms with Crippen LogP contribution in [0.2, 0.25) is 0 Å². The topological polar surface area (TPSA) is 35.7 Å². The number of benzene rings is 1. The molecule has 20 heavy (non-hydrogen) atoms. The van der Waals surface area contributed by atoms with Crippen LogP contribution in [0.15, 0.2) is 24.3 Å². The summed E-state index contributed by atoms with van der Waals surface area (Å²) in [6, 6.07) is 8.26. The fourth-order valence-electron chi connectivity index (χ4n) is 2.66. The number of nitrogen functional groups attached to an aromatic ring is 1. The van der Waals surface area contributed by atoms with E-state index in [-0.39, 0.29) is 0 Å². The summed E-state index contributed by atoms with van der Waals surface area (Å²) >= 11 is 0. The number of nitrogens with two attached hydrogens (primary N) is 1. The number of nitrogens with zero attached hydrogens (tertiary/aromatic N) is 3. The third-order valence-corrected chi connectivity index (χ3v) is 4.03. The summed E-state index contributed by atoms with van der Waals surface area (Å²) in [5, 5.41) is 0. The van der Waals surface area contributed by atoms with Gasteiger partial charge < -0.3 is 15.5 Å². The lowest BCUT2D eigenvalue weighted by atomic mass is 10.2. The number of hydrogen-bond acceptors (Lipinski definition) is 4. The second-order valence-electron chi connectivity index (χ2n) is 5.72. The predicted molar refractivity (Wildman–Crippen MR) is 87.3 cm³/mol. The third-order valence-electron chi connectivity index (χ3n) is 4.03. The molecule has 2 N–H and O–H groups in total. The van der Waals surface area contributed by atoms with Crippen molar-refractivity contribution >= 4 is 11.4 Å². The predicted octanol–water partition coefficient (Wildman–Crippen LogP) is 1.73. The van der Waals surface area contributed by atoms with Gasteiger partial charge in [-0.15, -0.1) is 0 Å². The lowest BCUT2D eigenvalue weighted by Gasteiger charge is -2.34. The summed E-state index contributed by atoms with van der Waals surface area (Å²) in [7, 11) is 2.20. The Bertz CT molecular complexity index is 382. The molecule has 1 aliphatic rings. The first-order valence-electron chi connectivity index (χ1n) is 7.70. The van der Waals surface area contributed by atoms with E-state index in [9.17, 15) is 0 Å². The zero-order valence-electron chi connectivity index (χ0n) is 12.9. The first-order chi connectivity index (χ1) is 9.69. The Morgan fingerprint density at radius 2 is 1.70 bits per heavy atom. The molecule has 4 nitrogen and oxygen atoms in total.